The molecule has 0 spiro atoms. The minimum absolute atomic E-state index is 0.748. The second-order valence-electron chi connectivity index (χ2n) is 9.21. The summed E-state index contributed by atoms with van der Waals surface area (Å²) in [5.41, 5.74) is 2.89. The van der Waals surface area contributed by atoms with Gasteiger partial charge >= 0.3 is 0 Å². The third-order valence-corrected chi connectivity index (χ3v) is 14.3. The number of fused-ring (bicyclic) bond motifs is 7. The zero-order valence-corrected chi connectivity index (χ0v) is 21.3. The van der Waals surface area contributed by atoms with Crippen LogP contribution in [0.2, 0.25) is 0 Å². The molecular weight excluding hydrogens is 458 g/mol. The quantitative estimate of drug-likeness (QED) is 0.228. The van der Waals surface area contributed by atoms with E-state index in [2.05, 4.69) is 133 Å². The molecule has 0 fully saturated rings. The van der Waals surface area contributed by atoms with Gasteiger partial charge in [-0.2, -0.15) is 0 Å². The standard InChI is InChI=1S/C33H25P2/c1-3-13-26(14-4-1)35(27-15-5-2-6-16-27)23-34-30-21-19-24-11-7-9-17-28(24)32(30)33-29-18-10-8-12-25(29)20-22-31(33)35/h1-22,34H,23H2/q+1. The minimum atomic E-state index is -1.88. The number of benzene rings is 6. The molecule has 0 saturated carbocycles. The van der Waals surface area contributed by atoms with E-state index in [1.165, 1.54) is 53.9 Å². The Morgan fingerprint density at radius 3 is 1.60 bits per heavy atom. The van der Waals surface area contributed by atoms with Gasteiger partial charge in [-0.05, 0) is 65.8 Å². The summed E-state index contributed by atoms with van der Waals surface area (Å²) in [5.74, 6) is 1.16. The molecule has 0 amide bonds. The molecule has 1 aliphatic rings. The van der Waals surface area contributed by atoms with E-state index < -0.39 is 7.26 Å². The molecule has 1 aliphatic heterocycles. The van der Waals surface area contributed by atoms with Crippen LogP contribution >= 0.6 is 15.8 Å². The highest BCUT2D eigenvalue weighted by molar-refractivity contribution is 8.00. The van der Waals surface area contributed by atoms with Gasteiger partial charge in [-0.1, -0.05) is 103 Å². The van der Waals surface area contributed by atoms with Gasteiger partial charge in [-0.25, -0.2) is 0 Å². The van der Waals surface area contributed by atoms with Gasteiger partial charge in [0.2, 0.25) is 0 Å². The summed E-state index contributed by atoms with van der Waals surface area (Å²) in [6.07, 6.45) is 0. The Balaban J connectivity index is 1.70. The first-order valence-electron chi connectivity index (χ1n) is 12.1. The van der Waals surface area contributed by atoms with Crippen LogP contribution in [0.5, 0.6) is 0 Å². The summed E-state index contributed by atoms with van der Waals surface area (Å²) in [7, 11) is -1.13. The van der Waals surface area contributed by atoms with Crippen molar-refractivity contribution >= 4 is 58.6 Å². The van der Waals surface area contributed by atoms with Crippen molar-refractivity contribution in [3.8, 4) is 11.1 Å². The van der Waals surface area contributed by atoms with Gasteiger partial charge in [0, 0.05) is 11.1 Å². The van der Waals surface area contributed by atoms with Gasteiger partial charge in [0.15, 0.2) is 0 Å². The van der Waals surface area contributed by atoms with E-state index in [1.807, 2.05) is 0 Å². The second kappa shape index (κ2) is 8.42. The summed E-state index contributed by atoms with van der Waals surface area (Å²) in [6, 6.07) is 50.1. The normalized spacial score (nSPS) is 15.0. The highest BCUT2D eigenvalue weighted by atomic mass is 31.2. The first-order chi connectivity index (χ1) is 17.4. The van der Waals surface area contributed by atoms with Crippen molar-refractivity contribution in [3.05, 3.63) is 133 Å². The molecule has 0 radical (unpaired) electrons. The van der Waals surface area contributed by atoms with E-state index in [-0.39, 0.29) is 0 Å². The molecule has 0 aromatic heterocycles. The maximum Gasteiger partial charge on any atom is 0.117 e. The molecule has 0 bridgehead atoms. The van der Waals surface area contributed by atoms with Gasteiger partial charge in [0.1, 0.15) is 23.2 Å². The molecule has 0 nitrogen and oxygen atoms in total. The van der Waals surface area contributed by atoms with Gasteiger partial charge in [-0.3, -0.25) is 0 Å². The van der Waals surface area contributed by atoms with E-state index >= 15 is 0 Å². The molecule has 7 rings (SSSR count). The van der Waals surface area contributed by atoms with E-state index in [4.69, 9.17) is 0 Å². The molecule has 35 heavy (non-hydrogen) atoms. The third-order valence-electron chi connectivity index (χ3n) is 7.40. The van der Waals surface area contributed by atoms with Crippen LogP contribution in [0.1, 0.15) is 0 Å². The fourth-order valence-corrected chi connectivity index (χ4v) is 13.4. The molecule has 1 heterocycles. The smallest absolute Gasteiger partial charge is 0.0620 e. The van der Waals surface area contributed by atoms with Crippen molar-refractivity contribution in [1.29, 1.82) is 0 Å². The summed E-state index contributed by atoms with van der Waals surface area (Å²) >= 11 is 0. The van der Waals surface area contributed by atoms with Crippen LogP contribution in [-0.2, 0) is 0 Å². The predicted molar refractivity (Wildman–Crippen MR) is 158 cm³/mol. The molecule has 6 aromatic carbocycles. The van der Waals surface area contributed by atoms with Crippen LogP contribution in [0.4, 0.5) is 0 Å². The van der Waals surface area contributed by atoms with E-state index in [1.54, 1.807) is 0 Å². The molecule has 1 unspecified atom stereocenters. The molecular formula is C33H25P2+. The van der Waals surface area contributed by atoms with Crippen LogP contribution in [0.25, 0.3) is 32.7 Å². The average Bonchev–Trinajstić information content (AvgIpc) is 3.10. The van der Waals surface area contributed by atoms with Gasteiger partial charge in [0.25, 0.3) is 0 Å². The fourth-order valence-electron chi connectivity index (χ4n) is 5.79. The lowest BCUT2D eigenvalue weighted by atomic mass is 9.93. The number of rotatable bonds is 2. The third kappa shape index (κ3) is 3.21. The lowest BCUT2D eigenvalue weighted by molar-refractivity contribution is 1.71. The van der Waals surface area contributed by atoms with Crippen molar-refractivity contribution in [2.75, 3.05) is 5.90 Å². The van der Waals surface area contributed by atoms with Crippen molar-refractivity contribution in [2.24, 2.45) is 0 Å². The molecule has 2 heteroatoms. The van der Waals surface area contributed by atoms with E-state index in [9.17, 15) is 0 Å². The molecule has 1 atom stereocenters. The lowest BCUT2D eigenvalue weighted by Gasteiger charge is -2.28. The van der Waals surface area contributed by atoms with Crippen LogP contribution in [0.3, 0.4) is 0 Å². The maximum atomic E-state index is 2.47. The summed E-state index contributed by atoms with van der Waals surface area (Å²) < 4.78 is 0. The van der Waals surface area contributed by atoms with Crippen LogP contribution < -0.4 is 21.2 Å². The SMILES string of the molecule is c1ccc([P+]2(c3ccccc3)CPc3ccc4ccccc4c3-c3c2ccc2ccccc32)cc1. The van der Waals surface area contributed by atoms with E-state index in [0.717, 1.165) is 14.5 Å². The van der Waals surface area contributed by atoms with Crippen LogP contribution in [-0.4, -0.2) is 5.90 Å². The second-order valence-corrected chi connectivity index (χ2v) is 14.5. The van der Waals surface area contributed by atoms with E-state index in [0.29, 0.717) is 0 Å². The highest BCUT2D eigenvalue weighted by Crippen LogP contribution is 2.62. The number of hydrogen-bond acceptors (Lipinski definition) is 0. The topological polar surface area (TPSA) is 0 Å². The Labute approximate surface area is 208 Å². The first-order valence-corrected chi connectivity index (χ1v) is 15.3. The largest absolute Gasteiger partial charge is 0.117 e. The minimum Gasteiger partial charge on any atom is -0.0620 e. The molecule has 6 aromatic rings. The predicted octanol–water partition coefficient (Wildman–Crippen LogP) is 7.23. The first kappa shape index (κ1) is 21.0. The molecule has 0 N–H and O–H groups in total. The van der Waals surface area contributed by atoms with Crippen molar-refractivity contribution in [1.82, 2.24) is 0 Å². The Bertz CT molecular complexity index is 1650. The summed E-state index contributed by atoms with van der Waals surface area (Å²) in [6.45, 7) is 0. The van der Waals surface area contributed by atoms with Gasteiger partial charge in [-0.15, -0.1) is 0 Å². The zero-order valence-electron chi connectivity index (χ0n) is 19.4. The Morgan fingerprint density at radius 2 is 0.971 bits per heavy atom. The Hall–Kier alpha value is -3.30. The Morgan fingerprint density at radius 1 is 0.457 bits per heavy atom. The van der Waals surface area contributed by atoms with Crippen LogP contribution in [0, 0.1) is 0 Å². The summed E-state index contributed by atoms with van der Waals surface area (Å²) in [5, 5.41) is 11.3. The molecule has 166 valence electrons. The van der Waals surface area contributed by atoms with Crippen molar-refractivity contribution < 1.29 is 0 Å². The fraction of sp³-hybridized carbons (Fsp3) is 0.0303. The van der Waals surface area contributed by atoms with Crippen molar-refractivity contribution in [2.45, 2.75) is 0 Å². The molecule has 0 saturated heterocycles. The number of hydrogen-bond donors (Lipinski definition) is 0. The van der Waals surface area contributed by atoms with Crippen LogP contribution in [0.15, 0.2) is 133 Å². The van der Waals surface area contributed by atoms with Crippen molar-refractivity contribution in [3.63, 3.8) is 0 Å². The van der Waals surface area contributed by atoms with Gasteiger partial charge < -0.3 is 0 Å². The molecule has 0 aliphatic carbocycles. The lowest BCUT2D eigenvalue weighted by Crippen LogP contribution is -2.33. The zero-order chi connectivity index (χ0) is 23.2. The monoisotopic (exact) mass is 483 g/mol. The van der Waals surface area contributed by atoms with Gasteiger partial charge in [0.05, 0.1) is 5.90 Å². The Kier molecular flexibility index (Phi) is 5.06. The maximum absolute atomic E-state index is 2.47. The average molecular weight is 484 g/mol. The summed E-state index contributed by atoms with van der Waals surface area (Å²) in [4.78, 5) is 0. The highest BCUT2D eigenvalue weighted by Gasteiger charge is 2.48.